The lowest BCUT2D eigenvalue weighted by Gasteiger charge is -2.47. The Balaban J connectivity index is 1.57. The highest BCUT2D eigenvalue weighted by Gasteiger charge is 2.41. The minimum absolute atomic E-state index is 0.0232. The van der Waals surface area contributed by atoms with Gasteiger partial charge in [0.15, 0.2) is 11.5 Å². The molecule has 0 aromatic heterocycles. The Kier molecular flexibility index (Phi) is 5.36. The number of nitrogens with two attached hydrogens (primary N) is 1. The van der Waals surface area contributed by atoms with Crippen LogP contribution in [-0.2, 0) is 16.1 Å². The van der Waals surface area contributed by atoms with Crippen LogP contribution in [0.5, 0.6) is 11.5 Å². The summed E-state index contributed by atoms with van der Waals surface area (Å²) in [5, 5.41) is 9.93. The number of phenols is 1. The highest BCUT2D eigenvalue weighted by atomic mass is 16.5. The summed E-state index contributed by atoms with van der Waals surface area (Å²) < 4.78 is 5.08. The van der Waals surface area contributed by atoms with Gasteiger partial charge in [0, 0.05) is 19.5 Å². The molecule has 1 spiro atoms. The molecule has 0 aliphatic carbocycles. The van der Waals surface area contributed by atoms with Crippen molar-refractivity contribution < 1.29 is 19.4 Å². The maximum absolute atomic E-state index is 12.0. The standard InChI is InChI=1S/C19H27N3O4/c1-26-16-3-2-14(10-15(16)23)11-21-8-6-19(7-9-21)5-4-18(25)22(13-19)12-17(20)24/h2-3,10,23H,4-9,11-13H2,1H3,(H2,20,24). The smallest absolute Gasteiger partial charge is 0.237 e. The molecule has 3 rings (SSSR count). The summed E-state index contributed by atoms with van der Waals surface area (Å²) in [5.74, 6) is 0.219. The van der Waals surface area contributed by atoms with E-state index in [9.17, 15) is 14.7 Å². The Morgan fingerprint density at radius 3 is 2.65 bits per heavy atom. The van der Waals surface area contributed by atoms with Gasteiger partial charge in [0.25, 0.3) is 0 Å². The van der Waals surface area contributed by atoms with Crippen LogP contribution in [0, 0.1) is 5.41 Å². The fraction of sp³-hybridized carbons (Fsp3) is 0.579. The van der Waals surface area contributed by atoms with Gasteiger partial charge in [0.05, 0.1) is 13.7 Å². The van der Waals surface area contributed by atoms with Gasteiger partial charge in [0.1, 0.15) is 0 Å². The first kappa shape index (κ1) is 18.5. The Labute approximate surface area is 153 Å². The van der Waals surface area contributed by atoms with Gasteiger partial charge in [-0.2, -0.15) is 0 Å². The van der Waals surface area contributed by atoms with Crippen LogP contribution in [0.1, 0.15) is 31.2 Å². The van der Waals surface area contributed by atoms with Crippen LogP contribution in [0.2, 0.25) is 0 Å². The van der Waals surface area contributed by atoms with Crippen LogP contribution < -0.4 is 10.5 Å². The first-order valence-electron chi connectivity index (χ1n) is 9.05. The van der Waals surface area contributed by atoms with Crippen molar-refractivity contribution in [2.45, 2.75) is 32.2 Å². The van der Waals surface area contributed by atoms with E-state index in [4.69, 9.17) is 10.5 Å². The normalized spacial score (nSPS) is 20.3. The van der Waals surface area contributed by atoms with Crippen molar-refractivity contribution in [2.75, 3.05) is 33.3 Å². The number of benzene rings is 1. The molecule has 2 saturated heterocycles. The van der Waals surface area contributed by atoms with Crippen LogP contribution >= 0.6 is 0 Å². The van der Waals surface area contributed by atoms with Crippen LogP contribution in [0.3, 0.4) is 0 Å². The van der Waals surface area contributed by atoms with Crippen molar-refractivity contribution in [2.24, 2.45) is 11.1 Å². The Bertz CT molecular complexity index is 683. The Morgan fingerprint density at radius 2 is 2.04 bits per heavy atom. The van der Waals surface area contributed by atoms with Crippen LogP contribution in [0.4, 0.5) is 0 Å². The zero-order valence-electron chi connectivity index (χ0n) is 15.2. The zero-order valence-corrected chi connectivity index (χ0v) is 15.2. The summed E-state index contributed by atoms with van der Waals surface area (Å²) in [5.41, 5.74) is 6.42. The molecule has 26 heavy (non-hydrogen) atoms. The van der Waals surface area contributed by atoms with Crippen molar-refractivity contribution in [1.82, 2.24) is 9.80 Å². The summed E-state index contributed by atoms with van der Waals surface area (Å²) in [6.07, 6.45) is 3.38. The van der Waals surface area contributed by atoms with Gasteiger partial charge in [-0.05, 0) is 55.5 Å². The van der Waals surface area contributed by atoms with E-state index in [1.54, 1.807) is 17.0 Å². The molecule has 142 valence electrons. The number of carbonyl (C=O) groups excluding carboxylic acids is 2. The minimum atomic E-state index is -0.452. The predicted octanol–water partition coefficient (Wildman–Crippen LogP) is 1.09. The molecule has 2 amide bonds. The van der Waals surface area contributed by atoms with Gasteiger partial charge >= 0.3 is 0 Å². The van der Waals surface area contributed by atoms with E-state index in [-0.39, 0.29) is 23.6 Å². The first-order valence-corrected chi connectivity index (χ1v) is 9.05. The lowest BCUT2D eigenvalue weighted by molar-refractivity contribution is -0.142. The fourth-order valence-corrected chi connectivity index (χ4v) is 4.12. The highest BCUT2D eigenvalue weighted by Crippen LogP contribution is 2.40. The molecule has 0 radical (unpaired) electrons. The third-order valence-corrected chi connectivity index (χ3v) is 5.66. The SMILES string of the molecule is COc1ccc(CN2CCC3(CCC(=O)N(CC(N)=O)C3)CC2)cc1O. The predicted molar refractivity (Wildman–Crippen MR) is 96.6 cm³/mol. The molecule has 3 N–H and O–H groups in total. The average Bonchev–Trinajstić information content (AvgIpc) is 2.60. The van der Waals surface area contributed by atoms with E-state index < -0.39 is 5.91 Å². The largest absolute Gasteiger partial charge is 0.504 e. The molecule has 7 heteroatoms. The highest BCUT2D eigenvalue weighted by molar-refractivity contribution is 5.84. The summed E-state index contributed by atoms with van der Waals surface area (Å²) >= 11 is 0. The second-order valence-corrected chi connectivity index (χ2v) is 7.50. The third kappa shape index (κ3) is 4.09. The summed E-state index contributed by atoms with van der Waals surface area (Å²) in [6.45, 7) is 3.30. The van der Waals surface area contributed by atoms with Gasteiger partial charge < -0.3 is 20.5 Å². The van der Waals surface area contributed by atoms with E-state index in [1.165, 1.54) is 7.11 Å². The Morgan fingerprint density at radius 1 is 1.31 bits per heavy atom. The number of primary amides is 1. The number of likely N-dealkylation sites (tertiary alicyclic amines) is 2. The molecule has 0 atom stereocenters. The molecule has 0 saturated carbocycles. The molecule has 2 aliphatic heterocycles. The van der Waals surface area contributed by atoms with Crippen molar-refractivity contribution in [3.05, 3.63) is 23.8 Å². The number of aromatic hydroxyl groups is 1. The van der Waals surface area contributed by atoms with Crippen LogP contribution in [0.25, 0.3) is 0 Å². The number of phenolic OH excluding ortho intramolecular Hbond substituents is 1. The second kappa shape index (κ2) is 7.53. The van der Waals surface area contributed by atoms with E-state index >= 15 is 0 Å². The molecule has 7 nitrogen and oxygen atoms in total. The van der Waals surface area contributed by atoms with Crippen LogP contribution in [0.15, 0.2) is 18.2 Å². The lowest BCUT2D eigenvalue weighted by atomic mass is 9.72. The number of carbonyl (C=O) groups is 2. The van der Waals surface area contributed by atoms with E-state index in [1.807, 2.05) is 6.07 Å². The Hall–Kier alpha value is -2.28. The molecule has 2 heterocycles. The molecular weight excluding hydrogens is 334 g/mol. The van der Waals surface area contributed by atoms with Gasteiger partial charge in [-0.1, -0.05) is 6.07 Å². The zero-order chi connectivity index (χ0) is 18.7. The van der Waals surface area contributed by atoms with Crippen molar-refractivity contribution in [3.63, 3.8) is 0 Å². The van der Waals surface area contributed by atoms with E-state index in [0.29, 0.717) is 18.7 Å². The number of rotatable bonds is 5. The molecule has 1 aromatic carbocycles. The van der Waals surface area contributed by atoms with Crippen molar-refractivity contribution in [1.29, 1.82) is 0 Å². The molecule has 1 aromatic rings. The van der Waals surface area contributed by atoms with Crippen molar-refractivity contribution >= 4 is 11.8 Å². The maximum atomic E-state index is 12.0. The third-order valence-electron chi connectivity index (χ3n) is 5.66. The number of hydrogen-bond donors (Lipinski definition) is 2. The van der Waals surface area contributed by atoms with E-state index in [0.717, 1.165) is 44.5 Å². The topological polar surface area (TPSA) is 96.1 Å². The number of hydrogen-bond acceptors (Lipinski definition) is 5. The number of piperidine rings is 2. The summed E-state index contributed by atoms with van der Waals surface area (Å²) in [6, 6.07) is 5.50. The summed E-state index contributed by atoms with van der Waals surface area (Å²) in [4.78, 5) is 27.2. The number of ether oxygens (including phenoxy) is 1. The van der Waals surface area contributed by atoms with Crippen LogP contribution in [-0.4, -0.2) is 60.0 Å². The fourth-order valence-electron chi connectivity index (χ4n) is 4.12. The molecule has 2 aliphatic rings. The quantitative estimate of drug-likeness (QED) is 0.818. The minimum Gasteiger partial charge on any atom is -0.504 e. The molecule has 0 bridgehead atoms. The van der Waals surface area contributed by atoms with Crippen molar-refractivity contribution in [3.8, 4) is 11.5 Å². The van der Waals surface area contributed by atoms with E-state index in [2.05, 4.69) is 4.90 Å². The number of nitrogens with zero attached hydrogens (tertiary/aromatic N) is 2. The monoisotopic (exact) mass is 361 g/mol. The second-order valence-electron chi connectivity index (χ2n) is 7.50. The van der Waals surface area contributed by atoms with Gasteiger partial charge in [0.2, 0.25) is 11.8 Å². The number of methoxy groups -OCH3 is 1. The number of amides is 2. The molecule has 0 unspecified atom stereocenters. The molecule has 2 fully saturated rings. The van der Waals surface area contributed by atoms with Gasteiger partial charge in [-0.25, -0.2) is 0 Å². The lowest BCUT2D eigenvalue weighted by Crippen LogP contribution is -2.53. The van der Waals surface area contributed by atoms with Gasteiger partial charge in [-0.15, -0.1) is 0 Å². The maximum Gasteiger partial charge on any atom is 0.237 e. The van der Waals surface area contributed by atoms with Gasteiger partial charge in [-0.3, -0.25) is 14.5 Å². The average molecular weight is 361 g/mol. The summed E-state index contributed by atoms with van der Waals surface area (Å²) in [7, 11) is 1.54. The first-order chi connectivity index (χ1) is 12.4. The molecular formula is C19H27N3O4.